The molecule has 2 nitrogen and oxygen atoms in total. The van der Waals surface area contributed by atoms with Gasteiger partial charge in [0.05, 0.1) is 0 Å². The minimum atomic E-state index is -1.84. The summed E-state index contributed by atoms with van der Waals surface area (Å²) in [6.45, 7) is 19.0. The molecule has 1 atom stereocenters. The first-order valence-electron chi connectivity index (χ1n) is 16.0. The van der Waals surface area contributed by atoms with Gasteiger partial charge in [0.1, 0.15) is 0 Å². The summed E-state index contributed by atoms with van der Waals surface area (Å²) in [5, 5.41) is 8.44. The van der Waals surface area contributed by atoms with Crippen LogP contribution in [-0.2, 0) is 21.0 Å². The second-order valence-corrected chi connectivity index (χ2v) is 21.5. The van der Waals surface area contributed by atoms with E-state index in [4.69, 9.17) is 5.11 Å². The van der Waals surface area contributed by atoms with E-state index in [1.165, 1.54) is 49.3 Å². The Morgan fingerprint density at radius 1 is 0.643 bits per heavy atom. The molecule has 0 saturated heterocycles. The zero-order chi connectivity index (χ0) is 31.2. The van der Waals surface area contributed by atoms with Gasteiger partial charge >= 0.3 is 205 Å². The first-order chi connectivity index (χ1) is 19.8. The van der Waals surface area contributed by atoms with Gasteiger partial charge in [-0.1, -0.05) is 39.5 Å². The Hall–Kier alpha value is -2.07. The van der Waals surface area contributed by atoms with Crippen molar-refractivity contribution < 1.29 is 9.90 Å². The van der Waals surface area contributed by atoms with Crippen LogP contribution in [-0.4, -0.2) is 30.8 Å². The maximum absolute atomic E-state index is 10.2. The van der Waals surface area contributed by atoms with Gasteiger partial charge in [0, 0.05) is 6.42 Å². The second-order valence-electron chi connectivity index (χ2n) is 14.2. The van der Waals surface area contributed by atoms with Crippen molar-refractivity contribution in [3.8, 4) is 0 Å². The van der Waals surface area contributed by atoms with Crippen LogP contribution in [0.3, 0.4) is 0 Å². The fraction of sp³-hybridized carbons (Fsp3) is 0.513. The van der Waals surface area contributed by atoms with Gasteiger partial charge in [-0.3, -0.25) is 4.79 Å². The van der Waals surface area contributed by atoms with Crippen LogP contribution in [0.25, 0.3) is 0 Å². The minimum absolute atomic E-state index is 0.232. The predicted octanol–water partition coefficient (Wildman–Crippen LogP) is 11.1. The molecule has 0 aromatic heterocycles. The number of carboxylic acids is 1. The average molecular weight is 677 g/mol. The van der Waals surface area contributed by atoms with Crippen LogP contribution in [0.4, 0.5) is 0 Å². The zero-order valence-corrected chi connectivity index (χ0v) is 30.6. The molecule has 0 bridgehead atoms. The summed E-state index contributed by atoms with van der Waals surface area (Å²) < 4.78 is 4.14. The molecule has 3 aromatic rings. The van der Waals surface area contributed by atoms with Gasteiger partial charge in [-0.15, -0.1) is 0 Å². The van der Waals surface area contributed by atoms with Crippen molar-refractivity contribution in [2.75, 3.05) is 0 Å². The van der Waals surface area contributed by atoms with Gasteiger partial charge < -0.3 is 5.11 Å². The van der Waals surface area contributed by atoms with Crippen molar-refractivity contribution in [3.05, 3.63) is 108 Å². The summed E-state index contributed by atoms with van der Waals surface area (Å²) in [7, 11) is 0. The molecule has 0 spiro atoms. The molecule has 0 amide bonds. The van der Waals surface area contributed by atoms with Crippen molar-refractivity contribution in [1.82, 2.24) is 0 Å². The van der Waals surface area contributed by atoms with Crippen LogP contribution in [0.5, 0.6) is 0 Å². The molecule has 3 aromatic carbocycles. The van der Waals surface area contributed by atoms with Gasteiger partial charge in [-0.2, -0.15) is 0 Å². The first kappa shape index (κ1) is 36.1. The molecule has 0 aliphatic heterocycles. The van der Waals surface area contributed by atoms with Crippen LogP contribution in [0.15, 0.2) is 91.0 Å². The van der Waals surface area contributed by atoms with Gasteiger partial charge in [0.15, 0.2) is 0 Å². The molecule has 3 heteroatoms. The maximum Gasteiger partial charge on any atom is 0.303 e. The summed E-state index contributed by atoms with van der Waals surface area (Å²) in [4.78, 5) is 10.2. The van der Waals surface area contributed by atoms with E-state index in [0.717, 1.165) is 6.42 Å². The number of carboxylic acid groups (broad SMARTS) is 1. The fourth-order valence-corrected chi connectivity index (χ4v) is 19.7. The topological polar surface area (TPSA) is 37.3 Å². The van der Waals surface area contributed by atoms with Crippen molar-refractivity contribution in [3.63, 3.8) is 0 Å². The van der Waals surface area contributed by atoms with Crippen molar-refractivity contribution in [2.24, 2.45) is 5.92 Å². The molecule has 1 N–H and O–H groups in total. The number of hydrogen-bond acceptors (Lipinski definition) is 1. The Bertz CT molecular complexity index is 1030. The van der Waals surface area contributed by atoms with Crippen LogP contribution >= 0.6 is 0 Å². The molecule has 0 aliphatic carbocycles. The maximum atomic E-state index is 10.2. The van der Waals surface area contributed by atoms with Crippen LogP contribution in [0.1, 0.15) is 104 Å². The van der Waals surface area contributed by atoms with Crippen molar-refractivity contribution in [2.45, 2.75) is 117 Å². The molecule has 42 heavy (non-hydrogen) atoms. The summed E-state index contributed by atoms with van der Waals surface area (Å²) in [6, 6.07) is 33.5. The van der Waals surface area contributed by atoms with E-state index < -0.39 is 25.7 Å². The minimum Gasteiger partial charge on any atom is -0.481 e. The molecular formula is C39H57O2Sn. The Kier molecular flexibility index (Phi) is 14.9. The van der Waals surface area contributed by atoms with Crippen LogP contribution in [0, 0.1) is 5.92 Å². The number of benzene rings is 3. The Morgan fingerprint density at radius 3 is 1.26 bits per heavy atom. The smallest absolute Gasteiger partial charge is 0.303 e. The number of carbonyl (C=O) groups is 1. The molecular weight excluding hydrogens is 619 g/mol. The number of unbranched alkanes of at least 4 members (excludes halogenated alkanes) is 2. The van der Waals surface area contributed by atoms with E-state index in [0.29, 0.717) is 12.3 Å². The Morgan fingerprint density at radius 2 is 0.976 bits per heavy atom. The van der Waals surface area contributed by atoms with E-state index >= 15 is 0 Å². The van der Waals surface area contributed by atoms with Gasteiger partial charge in [0.25, 0.3) is 0 Å². The average Bonchev–Trinajstić information content (AvgIpc) is 2.94. The number of hydrogen-bond donors (Lipinski definition) is 1. The van der Waals surface area contributed by atoms with Gasteiger partial charge in [-0.05, 0) is 5.92 Å². The molecule has 1 unspecified atom stereocenters. The largest absolute Gasteiger partial charge is 0.481 e. The van der Waals surface area contributed by atoms with E-state index in [1.807, 2.05) is 6.92 Å². The second kappa shape index (κ2) is 17.3. The predicted molar refractivity (Wildman–Crippen MR) is 184 cm³/mol. The molecule has 229 valence electrons. The van der Waals surface area contributed by atoms with Gasteiger partial charge in [-0.25, -0.2) is 0 Å². The Balaban J connectivity index is 0.000000476. The monoisotopic (exact) mass is 677 g/mol. The quantitative estimate of drug-likeness (QED) is 0.129. The summed E-state index contributed by atoms with van der Waals surface area (Å²) in [5.41, 5.74) is 5.16. The van der Waals surface area contributed by atoms with E-state index in [2.05, 4.69) is 139 Å². The molecule has 0 heterocycles. The van der Waals surface area contributed by atoms with E-state index in [-0.39, 0.29) is 16.2 Å². The first-order valence-corrected chi connectivity index (χ1v) is 22.0. The van der Waals surface area contributed by atoms with Gasteiger partial charge in [0.2, 0.25) is 0 Å². The molecule has 1 radical (unpaired) electrons. The molecule has 0 saturated carbocycles. The number of rotatable bonds is 15. The third-order valence-electron chi connectivity index (χ3n) is 8.57. The van der Waals surface area contributed by atoms with E-state index in [1.54, 1.807) is 0 Å². The third kappa shape index (κ3) is 12.7. The standard InChI is InChI=1S/3C10H13.C9H18O2.Sn/c3*1-10(2,3)9-7-5-4-6-8-9;1-3-4-5-6-8(2)7-9(10)11;/h3*4-8H,1H2,2-3H3;8H,3-7H2,1-2H3,(H,10,11);. The number of aliphatic carboxylic acids is 1. The van der Waals surface area contributed by atoms with E-state index in [9.17, 15) is 4.79 Å². The molecule has 0 fully saturated rings. The zero-order valence-electron chi connectivity index (χ0n) is 27.7. The molecule has 0 aliphatic rings. The Labute approximate surface area is 265 Å². The summed E-state index contributed by atoms with van der Waals surface area (Å²) >= 11 is -1.84. The third-order valence-corrected chi connectivity index (χ3v) is 20.4. The molecule has 3 rings (SSSR count). The summed E-state index contributed by atoms with van der Waals surface area (Å²) in [5.74, 6) is -0.326. The van der Waals surface area contributed by atoms with Crippen molar-refractivity contribution in [1.29, 1.82) is 0 Å². The normalized spacial score (nSPS) is 12.9. The van der Waals surface area contributed by atoms with Crippen LogP contribution in [0.2, 0.25) is 13.3 Å². The van der Waals surface area contributed by atoms with Crippen molar-refractivity contribution >= 4 is 25.7 Å². The SMILES string of the molecule is CC(C)([CH2][Sn]([CH2]C(C)(C)c1ccccc1)[CH2]C(C)(C)c1ccccc1)c1ccccc1.CCCCCC(C)CC(=O)O. The fourth-order valence-electron chi connectivity index (χ4n) is 6.18. The van der Waals surface area contributed by atoms with Crippen LogP contribution < -0.4 is 0 Å². The summed E-state index contributed by atoms with van der Waals surface area (Å²) in [6.07, 6.45) is 4.98.